The van der Waals surface area contributed by atoms with Crippen LogP contribution in [0.3, 0.4) is 0 Å². The van der Waals surface area contributed by atoms with Crippen LogP contribution in [0, 0.1) is 5.92 Å². The lowest BCUT2D eigenvalue weighted by atomic mass is 9.94. The molecule has 0 radical (unpaired) electrons. The van der Waals surface area contributed by atoms with E-state index in [2.05, 4.69) is 55.7 Å². The van der Waals surface area contributed by atoms with Gasteiger partial charge in [-0.25, -0.2) is 4.79 Å². The zero-order valence-corrected chi connectivity index (χ0v) is 19.2. The first-order valence-corrected chi connectivity index (χ1v) is 11.9. The lowest BCUT2D eigenvalue weighted by molar-refractivity contribution is -0.131. The van der Waals surface area contributed by atoms with Gasteiger partial charge in [0, 0.05) is 13.0 Å². The summed E-state index contributed by atoms with van der Waals surface area (Å²) in [7, 11) is 0. The minimum Gasteiger partial charge on any atom is -0.349 e. The number of nitrogens with zero attached hydrogens (tertiary/aromatic N) is 1. The van der Waals surface area contributed by atoms with Crippen LogP contribution in [0.1, 0.15) is 89.3 Å². The summed E-state index contributed by atoms with van der Waals surface area (Å²) >= 11 is 0. The molecule has 31 heavy (non-hydrogen) atoms. The van der Waals surface area contributed by atoms with Crippen molar-refractivity contribution in [3.63, 3.8) is 0 Å². The van der Waals surface area contributed by atoms with Crippen molar-refractivity contribution in [2.45, 2.75) is 90.1 Å². The van der Waals surface area contributed by atoms with Crippen molar-refractivity contribution in [2.24, 2.45) is 5.92 Å². The van der Waals surface area contributed by atoms with E-state index >= 15 is 0 Å². The van der Waals surface area contributed by atoms with Crippen molar-refractivity contribution in [1.29, 1.82) is 0 Å². The summed E-state index contributed by atoms with van der Waals surface area (Å²) in [5.41, 5.74) is 1.76. The molecule has 0 unspecified atom stereocenters. The Kier molecular flexibility index (Phi) is 7.74. The number of aryl methyl sites for hydroxylation is 1. The molecule has 1 heterocycles. The van der Waals surface area contributed by atoms with E-state index in [0.29, 0.717) is 12.8 Å². The number of nitrogens with one attached hydrogen (secondary N) is 2. The second kappa shape index (κ2) is 10.3. The molecule has 1 aromatic rings. The monoisotopic (exact) mass is 427 g/mol. The van der Waals surface area contributed by atoms with Crippen molar-refractivity contribution in [1.82, 2.24) is 15.5 Å². The average Bonchev–Trinajstić information content (AvgIpc) is 3.31. The van der Waals surface area contributed by atoms with Gasteiger partial charge in [-0.1, -0.05) is 64.3 Å². The van der Waals surface area contributed by atoms with Gasteiger partial charge in [0.1, 0.15) is 5.54 Å². The van der Waals surface area contributed by atoms with Gasteiger partial charge < -0.3 is 10.6 Å². The number of urea groups is 1. The molecule has 3 rings (SSSR count). The fourth-order valence-corrected chi connectivity index (χ4v) is 4.75. The van der Waals surface area contributed by atoms with Crippen LogP contribution < -0.4 is 10.6 Å². The van der Waals surface area contributed by atoms with Gasteiger partial charge >= 0.3 is 6.03 Å². The van der Waals surface area contributed by atoms with E-state index < -0.39 is 5.54 Å². The molecule has 2 fully saturated rings. The highest BCUT2D eigenvalue weighted by Crippen LogP contribution is 2.35. The molecule has 1 saturated carbocycles. The molecular weight excluding hydrogens is 390 g/mol. The minimum atomic E-state index is -0.675. The van der Waals surface area contributed by atoms with Crippen molar-refractivity contribution in [3.8, 4) is 0 Å². The zero-order chi connectivity index (χ0) is 22.4. The van der Waals surface area contributed by atoms with Gasteiger partial charge in [0.05, 0.1) is 6.04 Å². The second-order valence-electron chi connectivity index (χ2n) is 9.41. The highest BCUT2D eigenvalue weighted by Gasteiger charge is 2.52. The van der Waals surface area contributed by atoms with Gasteiger partial charge in [-0.15, -0.1) is 0 Å². The predicted octanol–water partition coefficient (Wildman–Crippen LogP) is 4.49. The second-order valence-corrected chi connectivity index (χ2v) is 9.41. The van der Waals surface area contributed by atoms with E-state index in [1.54, 1.807) is 0 Å². The van der Waals surface area contributed by atoms with Gasteiger partial charge in [-0.05, 0) is 49.1 Å². The molecule has 1 aliphatic heterocycles. The predicted molar refractivity (Wildman–Crippen MR) is 121 cm³/mol. The Bertz CT molecular complexity index is 782. The molecule has 6 heteroatoms. The quantitative estimate of drug-likeness (QED) is 0.540. The number of rotatable bonds is 10. The fraction of sp³-hybridized carbons (Fsp3) is 0.640. The van der Waals surface area contributed by atoms with Crippen LogP contribution in [-0.2, 0) is 16.0 Å². The van der Waals surface area contributed by atoms with E-state index in [4.69, 9.17) is 0 Å². The van der Waals surface area contributed by atoms with Crippen molar-refractivity contribution in [2.75, 3.05) is 6.54 Å². The first-order valence-electron chi connectivity index (χ1n) is 11.9. The Labute approximate surface area is 186 Å². The summed E-state index contributed by atoms with van der Waals surface area (Å²) in [4.78, 5) is 38.9. The normalized spacial score (nSPS) is 18.6. The molecule has 170 valence electrons. The Morgan fingerprint density at radius 1 is 1.13 bits per heavy atom. The molecule has 4 amide bonds. The maximum atomic E-state index is 12.7. The first kappa shape index (κ1) is 23.3. The standard InChI is InChI=1S/C25H37N3O3/c1-4-5-9-19-11-13-20(14-12-19)22(18(2)3)26-21(29)10-8-17-28-23(30)25(27-24(28)31)15-6-7-16-25/h11-14,18,22H,4-10,15-17H2,1-3H3,(H,26,29)(H,27,31)/t22-/m1/s1. The molecule has 2 N–H and O–H groups in total. The first-order chi connectivity index (χ1) is 14.9. The third kappa shape index (κ3) is 5.46. The Hall–Kier alpha value is -2.37. The van der Waals surface area contributed by atoms with Crippen LogP contribution in [0.15, 0.2) is 24.3 Å². The van der Waals surface area contributed by atoms with E-state index in [0.717, 1.165) is 37.7 Å². The van der Waals surface area contributed by atoms with Crippen LogP contribution >= 0.6 is 0 Å². The third-order valence-corrected chi connectivity index (χ3v) is 6.63. The van der Waals surface area contributed by atoms with Gasteiger partial charge in [-0.3, -0.25) is 14.5 Å². The van der Waals surface area contributed by atoms with Gasteiger partial charge in [-0.2, -0.15) is 0 Å². The number of benzene rings is 1. The molecular formula is C25H37N3O3. The van der Waals surface area contributed by atoms with E-state index in [1.807, 2.05) is 0 Å². The molecule has 1 spiro atoms. The molecule has 1 aliphatic carbocycles. The number of carbonyl (C=O) groups excluding carboxylic acids is 3. The highest BCUT2D eigenvalue weighted by molar-refractivity contribution is 6.07. The van der Waals surface area contributed by atoms with E-state index in [-0.39, 0.29) is 36.3 Å². The molecule has 2 aliphatic rings. The summed E-state index contributed by atoms with van der Waals surface area (Å²) in [6.45, 7) is 6.68. The summed E-state index contributed by atoms with van der Waals surface area (Å²) in [6, 6.07) is 8.18. The Balaban J connectivity index is 1.50. The molecule has 1 saturated heterocycles. The van der Waals surface area contributed by atoms with Crippen LogP contribution in [0.2, 0.25) is 0 Å². The maximum absolute atomic E-state index is 12.7. The number of amides is 4. The Morgan fingerprint density at radius 3 is 2.42 bits per heavy atom. The largest absolute Gasteiger partial charge is 0.349 e. The van der Waals surface area contributed by atoms with Gasteiger partial charge in [0.2, 0.25) is 5.91 Å². The van der Waals surface area contributed by atoms with E-state index in [9.17, 15) is 14.4 Å². The van der Waals surface area contributed by atoms with E-state index in [1.165, 1.54) is 23.3 Å². The van der Waals surface area contributed by atoms with Crippen molar-refractivity contribution in [3.05, 3.63) is 35.4 Å². The summed E-state index contributed by atoms with van der Waals surface area (Å²) in [5, 5.41) is 6.04. The maximum Gasteiger partial charge on any atom is 0.325 e. The van der Waals surface area contributed by atoms with Crippen molar-refractivity contribution >= 4 is 17.8 Å². The fourth-order valence-electron chi connectivity index (χ4n) is 4.75. The zero-order valence-electron chi connectivity index (χ0n) is 19.2. The smallest absolute Gasteiger partial charge is 0.325 e. The number of hydrogen-bond acceptors (Lipinski definition) is 3. The lowest BCUT2D eigenvalue weighted by Crippen LogP contribution is -2.44. The van der Waals surface area contributed by atoms with Crippen LogP contribution in [0.4, 0.5) is 4.79 Å². The molecule has 1 aromatic carbocycles. The number of unbranched alkanes of at least 4 members (excludes halogenated alkanes) is 1. The van der Waals surface area contributed by atoms with Crippen LogP contribution in [0.25, 0.3) is 0 Å². The van der Waals surface area contributed by atoms with Crippen molar-refractivity contribution < 1.29 is 14.4 Å². The topological polar surface area (TPSA) is 78.5 Å². The highest BCUT2D eigenvalue weighted by atomic mass is 16.2. The van der Waals surface area contributed by atoms with Gasteiger partial charge in [0.15, 0.2) is 0 Å². The molecule has 1 atom stereocenters. The molecule has 0 bridgehead atoms. The summed E-state index contributed by atoms with van der Waals surface area (Å²) in [5.74, 6) is 0.105. The SMILES string of the molecule is CCCCc1ccc([C@H](NC(=O)CCCN2C(=O)NC3(CCCC3)C2=O)C(C)C)cc1. The third-order valence-electron chi connectivity index (χ3n) is 6.63. The number of carbonyl (C=O) groups is 3. The number of imide groups is 1. The summed E-state index contributed by atoms with van der Waals surface area (Å²) in [6.07, 6.45) is 7.60. The lowest BCUT2D eigenvalue weighted by Gasteiger charge is -2.23. The molecule has 6 nitrogen and oxygen atoms in total. The average molecular weight is 428 g/mol. The van der Waals surface area contributed by atoms with Crippen LogP contribution in [0.5, 0.6) is 0 Å². The summed E-state index contributed by atoms with van der Waals surface area (Å²) < 4.78 is 0. The van der Waals surface area contributed by atoms with Crippen LogP contribution in [-0.4, -0.2) is 34.8 Å². The minimum absolute atomic E-state index is 0.0450. The molecule has 0 aromatic heterocycles. The Morgan fingerprint density at radius 2 is 1.81 bits per heavy atom. The van der Waals surface area contributed by atoms with Gasteiger partial charge in [0.25, 0.3) is 5.91 Å². The number of hydrogen-bond donors (Lipinski definition) is 2.